The van der Waals surface area contributed by atoms with Crippen molar-refractivity contribution in [3.63, 3.8) is 0 Å². The van der Waals surface area contributed by atoms with Crippen molar-refractivity contribution in [2.75, 3.05) is 27.7 Å². The lowest BCUT2D eigenvalue weighted by Gasteiger charge is -2.14. The van der Waals surface area contributed by atoms with E-state index in [1.165, 1.54) is 16.3 Å². The number of amides is 1. The molecule has 0 aliphatic heterocycles. The van der Waals surface area contributed by atoms with E-state index in [0.29, 0.717) is 12.1 Å². The van der Waals surface area contributed by atoms with Gasteiger partial charge in [-0.15, -0.1) is 24.0 Å². The molecule has 0 atom stereocenters. The van der Waals surface area contributed by atoms with Crippen molar-refractivity contribution < 1.29 is 4.79 Å². The standard InChI is InChI=1S/C24H28N4O.HI/c1-25-24(27-17-21-12-7-10-19-9-4-5-13-22(19)21)26-15-14-18-8-6-11-20(16-18)23(29)28(2)3;/h4-13,16H,14-15,17H2,1-3H3,(H2,25,26,27);1H. The van der Waals surface area contributed by atoms with Crippen LogP contribution in [-0.2, 0) is 13.0 Å². The van der Waals surface area contributed by atoms with E-state index in [0.717, 1.165) is 24.5 Å². The summed E-state index contributed by atoms with van der Waals surface area (Å²) in [4.78, 5) is 18.0. The maximum Gasteiger partial charge on any atom is 0.253 e. The van der Waals surface area contributed by atoms with Crippen molar-refractivity contribution in [1.82, 2.24) is 15.5 Å². The quantitative estimate of drug-likeness (QED) is 0.295. The smallest absolute Gasteiger partial charge is 0.253 e. The van der Waals surface area contributed by atoms with Gasteiger partial charge in [-0.2, -0.15) is 0 Å². The number of nitrogens with zero attached hydrogens (tertiary/aromatic N) is 2. The van der Waals surface area contributed by atoms with Crippen LogP contribution in [0, 0.1) is 0 Å². The fraction of sp³-hybridized carbons (Fsp3) is 0.250. The summed E-state index contributed by atoms with van der Waals surface area (Å²) in [5.74, 6) is 0.783. The second kappa shape index (κ2) is 11.5. The van der Waals surface area contributed by atoms with Crippen molar-refractivity contribution in [1.29, 1.82) is 0 Å². The third-order valence-corrected chi connectivity index (χ3v) is 4.84. The Morgan fingerprint density at radius 1 is 0.967 bits per heavy atom. The van der Waals surface area contributed by atoms with Crippen LogP contribution in [0.4, 0.5) is 0 Å². The summed E-state index contributed by atoms with van der Waals surface area (Å²) in [6.45, 7) is 1.43. The number of guanidine groups is 1. The number of nitrogens with one attached hydrogen (secondary N) is 2. The third-order valence-electron chi connectivity index (χ3n) is 4.84. The number of rotatable bonds is 6. The highest BCUT2D eigenvalue weighted by atomic mass is 127. The average Bonchev–Trinajstić information content (AvgIpc) is 2.75. The first-order valence-corrected chi connectivity index (χ1v) is 9.80. The van der Waals surface area contributed by atoms with Gasteiger partial charge in [-0.05, 0) is 40.5 Å². The van der Waals surface area contributed by atoms with Gasteiger partial charge in [-0.25, -0.2) is 0 Å². The van der Waals surface area contributed by atoms with Gasteiger partial charge in [-0.1, -0.05) is 54.6 Å². The van der Waals surface area contributed by atoms with Gasteiger partial charge in [0.15, 0.2) is 5.96 Å². The van der Waals surface area contributed by atoms with Crippen LogP contribution < -0.4 is 10.6 Å². The van der Waals surface area contributed by atoms with Gasteiger partial charge >= 0.3 is 0 Å². The number of fused-ring (bicyclic) bond motifs is 1. The maximum absolute atomic E-state index is 12.1. The van der Waals surface area contributed by atoms with E-state index >= 15 is 0 Å². The van der Waals surface area contributed by atoms with Crippen LogP contribution in [-0.4, -0.2) is 44.5 Å². The molecule has 0 unspecified atom stereocenters. The molecule has 5 nitrogen and oxygen atoms in total. The lowest BCUT2D eigenvalue weighted by atomic mass is 10.0. The van der Waals surface area contributed by atoms with Gasteiger partial charge in [0.2, 0.25) is 0 Å². The van der Waals surface area contributed by atoms with Crippen molar-refractivity contribution in [3.8, 4) is 0 Å². The molecule has 0 spiro atoms. The van der Waals surface area contributed by atoms with Crippen molar-refractivity contribution in [2.45, 2.75) is 13.0 Å². The highest BCUT2D eigenvalue weighted by Gasteiger charge is 2.08. The molecule has 0 bridgehead atoms. The molecular formula is C24H29IN4O. The molecule has 2 N–H and O–H groups in total. The molecule has 0 fully saturated rings. The molecule has 158 valence electrons. The Morgan fingerprint density at radius 2 is 1.70 bits per heavy atom. The molecule has 3 rings (SSSR count). The van der Waals surface area contributed by atoms with Crippen LogP contribution in [0.5, 0.6) is 0 Å². The average molecular weight is 516 g/mol. The molecule has 0 aliphatic carbocycles. The maximum atomic E-state index is 12.1. The first-order chi connectivity index (χ1) is 14.1. The lowest BCUT2D eigenvalue weighted by molar-refractivity contribution is 0.0827. The molecule has 1 amide bonds. The Morgan fingerprint density at radius 3 is 2.47 bits per heavy atom. The second-order valence-corrected chi connectivity index (χ2v) is 7.14. The summed E-state index contributed by atoms with van der Waals surface area (Å²) >= 11 is 0. The first kappa shape index (κ1) is 23.7. The number of benzene rings is 3. The van der Waals surface area contributed by atoms with Crippen LogP contribution in [0.1, 0.15) is 21.5 Å². The number of hydrogen-bond donors (Lipinski definition) is 2. The van der Waals surface area contributed by atoms with Crippen LogP contribution in [0.15, 0.2) is 71.7 Å². The normalized spacial score (nSPS) is 11.0. The molecule has 0 heterocycles. The number of aliphatic imine (C=N–C) groups is 1. The Kier molecular flexibility index (Phi) is 9.11. The van der Waals surface area contributed by atoms with E-state index < -0.39 is 0 Å². The molecule has 0 saturated carbocycles. The summed E-state index contributed by atoms with van der Waals surface area (Å²) in [5.41, 5.74) is 3.07. The minimum atomic E-state index is 0. The summed E-state index contributed by atoms with van der Waals surface area (Å²) in [5, 5.41) is 9.23. The zero-order chi connectivity index (χ0) is 20.6. The van der Waals surface area contributed by atoms with Gasteiger partial charge in [-0.3, -0.25) is 9.79 Å². The van der Waals surface area contributed by atoms with Crippen LogP contribution >= 0.6 is 24.0 Å². The molecule has 6 heteroatoms. The predicted octanol–water partition coefficient (Wildman–Crippen LogP) is 4.07. The monoisotopic (exact) mass is 516 g/mol. The third kappa shape index (κ3) is 6.19. The fourth-order valence-corrected chi connectivity index (χ4v) is 3.29. The van der Waals surface area contributed by atoms with Gasteiger partial charge in [0.1, 0.15) is 0 Å². The van der Waals surface area contributed by atoms with E-state index in [1.807, 2.05) is 24.3 Å². The minimum Gasteiger partial charge on any atom is -0.356 e. The van der Waals surface area contributed by atoms with Gasteiger partial charge in [0, 0.05) is 39.8 Å². The van der Waals surface area contributed by atoms with E-state index in [2.05, 4.69) is 58.1 Å². The SMILES string of the molecule is CN=C(NCCc1cccc(C(=O)N(C)C)c1)NCc1cccc2ccccc12.I. The van der Waals surface area contributed by atoms with Crippen LogP contribution in [0.3, 0.4) is 0 Å². The van der Waals surface area contributed by atoms with E-state index in [9.17, 15) is 4.79 Å². The highest BCUT2D eigenvalue weighted by molar-refractivity contribution is 14.0. The first-order valence-electron chi connectivity index (χ1n) is 9.80. The molecule has 0 saturated heterocycles. The Balaban J connectivity index is 0.00000320. The lowest BCUT2D eigenvalue weighted by Crippen LogP contribution is -2.37. The molecule has 3 aromatic carbocycles. The molecule has 0 aliphatic rings. The zero-order valence-corrected chi connectivity index (χ0v) is 20.0. The van der Waals surface area contributed by atoms with E-state index in [1.54, 1.807) is 26.0 Å². The van der Waals surface area contributed by atoms with Crippen molar-refractivity contribution in [3.05, 3.63) is 83.4 Å². The van der Waals surface area contributed by atoms with E-state index in [-0.39, 0.29) is 29.9 Å². The topological polar surface area (TPSA) is 56.7 Å². The summed E-state index contributed by atoms with van der Waals surface area (Å²) in [7, 11) is 5.30. The molecule has 3 aromatic rings. The van der Waals surface area contributed by atoms with Crippen LogP contribution in [0.2, 0.25) is 0 Å². The molecular weight excluding hydrogens is 487 g/mol. The second-order valence-electron chi connectivity index (χ2n) is 7.14. The Bertz CT molecular complexity index is 1010. The molecule has 30 heavy (non-hydrogen) atoms. The van der Waals surface area contributed by atoms with E-state index in [4.69, 9.17) is 0 Å². The number of halogens is 1. The molecule has 0 radical (unpaired) electrons. The fourth-order valence-electron chi connectivity index (χ4n) is 3.29. The summed E-state index contributed by atoms with van der Waals surface area (Å²) in [6.07, 6.45) is 0.809. The van der Waals surface area contributed by atoms with Crippen molar-refractivity contribution in [2.24, 2.45) is 4.99 Å². The zero-order valence-electron chi connectivity index (χ0n) is 17.7. The highest BCUT2D eigenvalue weighted by Crippen LogP contribution is 2.18. The predicted molar refractivity (Wildman–Crippen MR) is 136 cm³/mol. The number of hydrogen-bond acceptors (Lipinski definition) is 2. The number of carbonyl (C=O) groups is 1. The largest absolute Gasteiger partial charge is 0.356 e. The van der Waals surface area contributed by atoms with Crippen molar-refractivity contribution >= 4 is 46.6 Å². The Hall–Kier alpha value is -2.61. The number of carbonyl (C=O) groups excluding carboxylic acids is 1. The summed E-state index contributed by atoms with van der Waals surface area (Å²) < 4.78 is 0. The summed E-state index contributed by atoms with van der Waals surface area (Å²) in [6, 6.07) is 22.5. The van der Waals surface area contributed by atoms with Gasteiger partial charge in [0.05, 0.1) is 0 Å². The molecule has 0 aromatic heterocycles. The minimum absolute atomic E-state index is 0. The Labute approximate surface area is 195 Å². The van der Waals surface area contributed by atoms with Crippen LogP contribution in [0.25, 0.3) is 10.8 Å². The van der Waals surface area contributed by atoms with Gasteiger partial charge < -0.3 is 15.5 Å². The van der Waals surface area contributed by atoms with Gasteiger partial charge in [0.25, 0.3) is 5.91 Å².